The van der Waals surface area contributed by atoms with E-state index in [1.807, 2.05) is 57.9 Å². The normalized spacial score (nSPS) is 11.3. The van der Waals surface area contributed by atoms with Crippen LogP contribution in [-0.4, -0.2) is 41.1 Å². The molecule has 3 heterocycles. The van der Waals surface area contributed by atoms with Crippen molar-refractivity contribution in [2.24, 2.45) is 0 Å². The van der Waals surface area contributed by atoms with Crippen LogP contribution in [0.15, 0.2) is 91.4 Å². The molecule has 0 N–H and O–H groups in total. The van der Waals surface area contributed by atoms with Crippen molar-refractivity contribution in [2.45, 2.75) is 26.7 Å². The maximum atomic E-state index is 5.77. The van der Waals surface area contributed by atoms with Crippen molar-refractivity contribution in [3.8, 4) is 28.3 Å². The average molecular weight is 482 g/mol. The molecular formula is C27H27N7S. The monoisotopic (exact) mass is 481 g/mol. The molecule has 176 valence electrons. The van der Waals surface area contributed by atoms with Gasteiger partial charge < -0.3 is 4.57 Å². The second-order valence-corrected chi connectivity index (χ2v) is 8.76. The smallest absolute Gasteiger partial charge is 0.199 e. The second-order valence-electron chi connectivity index (χ2n) is 8.39. The fraction of sp³-hybridized carbons (Fsp3) is 0.185. The molecule has 0 radical (unpaired) electrons. The van der Waals surface area contributed by atoms with Gasteiger partial charge >= 0.3 is 0 Å². The first-order valence-corrected chi connectivity index (χ1v) is 12.0. The molecule has 0 atom stereocenters. The zero-order chi connectivity index (χ0) is 24.2. The largest absolute Gasteiger partial charge is 0.300 e. The highest BCUT2D eigenvalue weighted by molar-refractivity contribution is 7.71. The zero-order valence-corrected chi connectivity index (χ0v) is 20.6. The van der Waals surface area contributed by atoms with E-state index in [1.54, 1.807) is 12.4 Å². The summed E-state index contributed by atoms with van der Waals surface area (Å²) in [7, 11) is 2.08. The van der Waals surface area contributed by atoms with Crippen LogP contribution in [0.25, 0.3) is 28.3 Å². The lowest BCUT2D eigenvalue weighted by Crippen LogP contribution is -2.22. The van der Waals surface area contributed by atoms with Gasteiger partial charge in [0, 0.05) is 48.4 Å². The predicted octanol–water partition coefficient (Wildman–Crippen LogP) is 5.44. The molecule has 5 aromatic rings. The lowest BCUT2D eigenvalue weighted by Gasteiger charge is -2.16. The first kappa shape index (κ1) is 22.9. The number of aromatic nitrogens is 6. The Balaban J connectivity index is 1.44. The summed E-state index contributed by atoms with van der Waals surface area (Å²) in [4.78, 5) is 6.33. The SMILES string of the molecule is CCn1c(-c2ccncc2)nn(CN(C)Cc2cn(-c3ccccc3)nc2-c2ccccc2)c1=S. The van der Waals surface area contributed by atoms with Crippen LogP contribution in [0, 0.1) is 4.77 Å². The van der Waals surface area contributed by atoms with Crippen molar-refractivity contribution in [2.75, 3.05) is 7.05 Å². The summed E-state index contributed by atoms with van der Waals surface area (Å²) >= 11 is 5.77. The summed E-state index contributed by atoms with van der Waals surface area (Å²) in [6, 6.07) is 24.4. The lowest BCUT2D eigenvalue weighted by molar-refractivity contribution is 0.244. The number of benzene rings is 2. The van der Waals surface area contributed by atoms with Crippen LogP contribution in [0.3, 0.4) is 0 Å². The molecule has 35 heavy (non-hydrogen) atoms. The molecule has 2 aromatic carbocycles. The van der Waals surface area contributed by atoms with Crippen LogP contribution in [0.4, 0.5) is 0 Å². The Morgan fingerprint density at radius 3 is 2.23 bits per heavy atom. The van der Waals surface area contributed by atoms with E-state index >= 15 is 0 Å². The minimum Gasteiger partial charge on any atom is -0.300 e. The van der Waals surface area contributed by atoms with Gasteiger partial charge in [-0.3, -0.25) is 9.88 Å². The molecule has 0 fully saturated rings. The number of hydrogen-bond donors (Lipinski definition) is 0. The van der Waals surface area contributed by atoms with Crippen molar-refractivity contribution < 1.29 is 0 Å². The van der Waals surface area contributed by atoms with Gasteiger partial charge in [-0.1, -0.05) is 48.5 Å². The summed E-state index contributed by atoms with van der Waals surface area (Å²) in [5, 5.41) is 9.79. The zero-order valence-electron chi connectivity index (χ0n) is 19.8. The van der Waals surface area contributed by atoms with Crippen molar-refractivity contribution >= 4 is 12.2 Å². The molecule has 0 bridgehead atoms. The molecular weight excluding hydrogens is 454 g/mol. The molecule has 5 rings (SSSR count). The highest BCUT2D eigenvalue weighted by atomic mass is 32.1. The van der Waals surface area contributed by atoms with Gasteiger partial charge in [-0.15, -0.1) is 0 Å². The Hall–Kier alpha value is -3.88. The van der Waals surface area contributed by atoms with E-state index < -0.39 is 0 Å². The van der Waals surface area contributed by atoms with Crippen molar-refractivity contribution in [3.63, 3.8) is 0 Å². The minimum absolute atomic E-state index is 0.564. The molecule has 0 saturated carbocycles. The number of hydrogen-bond acceptors (Lipinski definition) is 5. The molecule has 0 saturated heterocycles. The number of pyridine rings is 1. The van der Waals surface area contributed by atoms with Gasteiger partial charge in [0.2, 0.25) is 0 Å². The highest BCUT2D eigenvalue weighted by Crippen LogP contribution is 2.25. The summed E-state index contributed by atoms with van der Waals surface area (Å²) in [5.74, 6) is 0.857. The van der Waals surface area contributed by atoms with Crippen LogP contribution in [0.2, 0.25) is 0 Å². The Labute approximate surface area is 209 Å². The van der Waals surface area contributed by atoms with Crippen LogP contribution < -0.4 is 0 Å². The Morgan fingerprint density at radius 1 is 0.857 bits per heavy atom. The van der Waals surface area contributed by atoms with Crippen LogP contribution >= 0.6 is 12.2 Å². The third-order valence-electron chi connectivity index (χ3n) is 5.85. The molecule has 0 amide bonds. The molecule has 3 aromatic heterocycles. The molecule has 0 aliphatic heterocycles. The first-order valence-electron chi connectivity index (χ1n) is 11.6. The highest BCUT2D eigenvalue weighted by Gasteiger charge is 2.16. The second kappa shape index (κ2) is 10.2. The van der Waals surface area contributed by atoms with Gasteiger partial charge in [0.1, 0.15) is 0 Å². The van der Waals surface area contributed by atoms with E-state index in [0.29, 0.717) is 18.0 Å². The van der Waals surface area contributed by atoms with Crippen LogP contribution in [0.1, 0.15) is 12.5 Å². The van der Waals surface area contributed by atoms with Crippen molar-refractivity contribution in [1.82, 2.24) is 34.0 Å². The summed E-state index contributed by atoms with van der Waals surface area (Å²) < 4.78 is 6.60. The molecule has 0 aliphatic carbocycles. The average Bonchev–Trinajstić information content (AvgIpc) is 3.46. The number of nitrogens with zero attached hydrogens (tertiary/aromatic N) is 7. The third-order valence-corrected chi connectivity index (χ3v) is 6.28. The lowest BCUT2D eigenvalue weighted by atomic mass is 10.1. The molecule has 8 heteroatoms. The predicted molar refractivity (Wildman–Crippen MR) is 140 cm³/mol. The van der Waals surface area contributed by atoms with E-state index in [9.17, 15) is 0 Å². The summed E-state index contributed by atoms with van der Waals surface area (Å²) in [6.07, 6.45) is 5.67. The molecule has 0 spiro atoms. The van der Waals surface area contributed by atoms with Gasteiger partial charge in [-0.05, 0) is 50.5 Å². The van der Waals surface area contributed by atoms with Gasteiger partial charge in [0.05, 0.1) is 18.1 Å². The Morgan fingerprint density at radius 2 is 1.54 bits per heavy atom. The van der Waals surface area contributed by atoms with Gasteiger partial charge in [0.25, 0.3) is 0 Å². The quantitative estimate of drug-likeness (QED) is 0.276. The van der Waals surface area contributed by atoms with Crippen LogP contribution in [-0.2, 0) is 19.8 Å². The Kier molecular flexibility index (Phi) is 6.65. The fourth-order valence-electron chi connectivity index (χ4n) is 4.18. The van der Waals surface area contributed by atoms with Gasteiger partial charge in [0.15, 0.2) is 10.6 Å². The van der Waals surface area contributed by atoms with Gasteiger partial charge in [-0.2, -0.15) is 10.2 Å². The van der Waals surface area contributed by atoms with E-state index in [1.165, 1.54) is 0 Å². The Bertz CT molecular complexity index is 1450. The molecule has 0 unspecified atom stereocenters. The van der Waals surface area contributed by atoms with E-state index in [4.69, 9.17) is 22.4 Å². The molecule has 7 nitrogen and oxygen atoms in total. The van der Waals surface area contributed by atoms with Crippen LogP contribution in [0.5, 0.6) is 0 Å². The number of para-hydroxylation sites is 1. The standard InChI is InChI=1S/C27H27N7S/c1-3-32-26(22-14-16-28-17-15-22)30-34(27(32)35)20-31(2)18-23-19-33(24-12-8-5-9-13-24)29-25(23)21-10-6-4-7-11-21/h4-17,19H,3,18,20H2,1-2H3. The van der Waals surface area contributed by atoms with Gasteiger partial charge in [-0.25, -0.2) is 9.36 Å². The van der Waals surface area contributed by atoms with E-state index in [2.05, 4.69) is 58.9 Å². The topological polar surface area (TPSA) is 56.7 Å². The summed E-state index contributed by atoms with van der Waals surface area (Å²) in [5.41, 5.74) is 5.24. The van der Waals surface area contributed by atoms with E-state index in [-0.39, 0.29) is 0 Å². The maximum Gasteiger partial charge on any atom is 0.199 e. The fourth-order valence-corrected chi connectivity index (χ4v) is 4.49. The first-order chi connectivity index (χ1) is 17.1. The van der Waals surface area contributed by atoms with Crippen molar-refractivity contribution in [3.05, 3.63) is 102 Å². The van der Waals surface area contributed by atoms with E-state index in [0.717, 1.165) is 40.4 Å². The minimum atomic E-state index is 0.564. The number of rotatable bonds is 8. The maximum absolute atomic E-state index is 5.77. The third kappa shape index (κ3) is 4.84. The van der Waals surface area contributed by atoms with Crippen molar-refractivity contribution in [1.29, 1.82) is 0 Å². The molecule has 0 aliphatic rings. The summed E-state index contributed by atoms with van der Waals surface area (Å²) in [6.45, 7) is 4.10.